The summed E-state index contributed by atoms with van der Waals surface area (Å²) in [5.74, 6) is -0.513. The number of hydrogen-bond acceptors (Lipinski definition) is 3. The fraction of sp³-hybridized carbons (Fsp3) is 0.467. The van der Waals surface area contributed by atoms with Gasteiger partial charge in [-0.1, -0.05) is 41.9 Å². The molecule has 5 nitrogen and oxygen atoms in total. The molecule has 0 radical (unpaired) electrons. The molecule has 2 atom stereocenters. The van der Waals surface area contributed by atoms with Crippen molar-refractivity contribution in [2.24, 2.45) is 11.7 Å². The van der Waals surface area contributed by atoms with Crippen molar-refractivity contribution in [3.05, 3.63) is 34.3 Å². The Bertz CT molecular complexity index is 488. The second-order valence-electron chi connectivity index (χ2n) is 5.33. The predicted octanol–water partition coefficient (Wildman–Crippen LogP) is 1.73. The molecule has 2 amide bonds. The van der Waals surface area contributed by atoms with Crippen molar-refractivity contribution in [1.29, 1.82) is 0 Å². The number of halogens is 1. The number of benzene rings is 1. The second-order valence-corrected chi connectivity index (χ2v) is 6.24. The van der Waals surface area contributed by atoms with Crippen LogP contribution in [0, 0.1) is 5.92 Å². The van der Waals surface area contributed by atoms with Gasteiger partial charge in [0, 0.05) is 4.47 Å². The van der Waals surface area contributed by atoms with E-state index in [1.807, 2.05) is 45.0 Å². The average molecular weight is 356 g/mol. The van der Waals surface area contributed by atoms with Crippen LogP contribution in [0.1, 0.15) is 32.4 Å². The summed E-state index contributed by atoms with van der Waals surface area (Å²) in [5, 5.41) is 5.38. The van der Waals surface area contributed by atoms with Crippen LogP contribution in [0.2, 0.25) is 0 Å². The largest absolute Gasteiger partial charge is 0.348 e. The molecule has 1 aromatic carbocycles. The van der Waals surface area contributed by atoms with Gasteiger partial charge in [-0.15, -0.1) is 0 Å². The number of nitrogens with two attached hydrogens (primary N) is 1. The van der Waals surface area contributed by atoms with E-state index in [0.717, 1.165) is 10.0 Å². The highest BCUT2D eigenvalue weighted by molar-refractivity contribution is 9.10. The molecular weight excluding hydrogens is 334 g/mol. The van der Waals surface area contributed by atoms with Crippen LogP contribution in [-0.2, 0) is 9.59 Å². The van der Waals surface area contributed by atoms with Gasteiger partial charge in [-0.3, -0.25) is 9.59 Å². The Balaban J connectivity index is 2.43. The van der Waals surface area contributed by atoms with Crippen molar-refractivity contribution >= 4 is 27.7 Å². The van der Waals surface area contributed by atoms with E-state index in [9.17, 15) is 9.59 Å². The number of rotatable bonds is 6. The molecule has 21 heavy (non-hydrogen) atoms. The Hall–Kier alpha value is -1.40. The Morgan fingerprint density at radius 2 is 1.76 bits per heavy atom. The normalized spacial score (nSPS) is 13.6. The first-order valence-corrected chi connectivity index (χ1v) is 7.68. The molecule has 1 aromatic rings. The number of carbonyl (C=O) groups is 2. The number of hydrogen-bond donors (Lipinski definition) is 3. The monoisotopic (exact) mass is 355 g/mol. The minimum atomic E-state index is -0.596. The van der Waals surface area contributed by atoms with Crippen molar-refractivity contribution < 1.29 is 9.59 Å². The van der Waals surface area contributed by atoms with Crippen LogP contribution in [-0.4, -0.2) is 24.4 Å². The Morgan fingerprint density at radius 3 is 2.29 bits per heavy atom. The fourth-order valence-electron chi connectivity index (χ4n) is 1.72. The highest BCUT2D eigenvalue weighted by Gasteiger charge is 2.18. The standard InChI is InChI=1S/C15H22BrN3O2/c1-9(2)14(17)15(21)18-8-13(20)19-10(3)11-4-6-12(16)7-5-11/h4-7,9-10,14H,8,17H2,1-3H3,(H,18,21)(H,19,20)/t10-,14+/m1/s1. The van der Waals surface area contributed by atoms with Gasteiger partial charge in [0.2, 0.25) is 11.8 Å². The van der Waals surface area contributed by atoms with Crippen LogP contribution in [0.4, 0.5) is 0 Å². The van der Waals surface area contributed by atoms with Gasteiger partial charge in [-0.05, 0) is 30.5 Å². The third-order valence-corrected chi connectivity index (χ3v) is 3.72. The maximum atomic E-state index is 11.8. The summed E-state index contributed by atoms with van der Waals surface area (Å²) in [6, 6.07) is 6.98. The van der Waals surface area contributed by atoms with E-state index >= 15 is 0 Å². The maximum Gasteiger partial charge on any atom is 0.239 e. The summed E-state index contributed by atoms with van der Waals surface area (Å²) in [6.45, 7) is 5.54. The topological polar surface area (TPSA) is 84.2 Å². The van der Waals surface area contributed by atoms with Crippen LogP contribution < -0.4 is 16.4 Å². The lowest BCUT2D eigenvalue weighted by atomic mass is 10.1. The van der Waals surface area contributed by atoms with Gasteiger partial charge < -0.3 is 16.4 Å². The maximum absolute atomic E-state index is 11.8. The van der Waals surface area contributed by atoms with Crippen molar-refractivity contribution in [1.82, 2.24) is 10.6 Å². The molecule has 116 valence electrons. The molecule has 0 bridgehead atoms. The molecule has 0 saturated heterocycles. The lowest BCUT2D eigenvalue weighted by molar-refractivity contribution is -0.127. The third kappa shape index (κ3) is 5.85. The predicted molar refractivity (Wildman–Crippen MR) is 86.5 cm³/mol. The van der Waals surface area contributed by atoms with Gasteiger partial charge in [-0.2, -0.15) is 0 Å². The van der Waals surface area contributed by atoms with Crippen LogP contribution in [0.15, 0.2) is 28.7 Å². The summed E-state index contributed by atoms with van der Waals surface area (Å²) in [6.07, 6.45) is 0. The third-order valence-electron chi connectivity index (χ3n) is 3.19. The Labute approximate surface area is 133 Å². The number of nitrogens with one attached hydrogen (secondary N) is 2. The molecule has 0 aliphatic heterocycles. The van der Waals surface area contributed by atoms with Gasteiger partial charge >= 0.3 is 0 Å². The molecule has 0 aliphatic rings. The molecule has 0 aromatic heterocycles. The second kappa shape index (κ2) is 8.14. The fourth-order valence-corrected chi connectivity index (χ4v) is 1.98. The molecule has 0 spiro atoms. The van der Waals surface area contributed by atoms with Gasteiger partial charge in [0.05, 0.1) is 18.6 Å². The Morgan fingerprint density at radius 1 is 1.19 bits per heavy atom. The SMILES string of the molecule is CC(C)[C@H](N)C(=O)NCC(=O)N[C@H](C)c1ccc(Br)cc1. The van der Waals surface area contributed by atoms with Gasteiger partial charge in [0.1, 0.15) is 0 Å². The van der Waals surface area contributed by atoms with Crippen LogP contribution >= 0.6 is 15.9 Å². The first-order chi connectivity index (χ1) is 9.81. The first-order valence-electron chi connectivity index (χ1n) is 6.89. The van der Waals surface area contributed by atoms with E-state index < -0.39 is 6.04 Å². The minimum absolute atomic E-state index is 0.0368. The quantitative estimate of drug-likeness (QED) is 0.726. The van der Waals surface area contributed by atoms with Crippen molar-refractivity contribution in [2.75, 3.05) is 6.54 Å². The van der Waals surface area contributed by atoms with E-state index in [0.29, 0.717) is 0 Å². The molecule has 0 heterocycles. The zero-order valence-corrected chi connectivity index (χ0v) is 14.1. The van der Waals surface area contributed by atoms with E-state index in [1.165, 1.54) is 0 Å². The Kier molecular flexibility index (Phi) is 6.84. The zero-order valence-electron chi connectivity index (χ0n) is 12.5. The number of amides is 2. The molecular formula is C15H22BrN3O2. The molecule has 4 N–H and O–H groups in total. The van der Waals surface area contributed by atoms with Gasteiger partial charge in [-0.25, -0.2) is 0 Å². The molecule has 0 fully saturated rings. The summed E-state index contributed by atoms with van der Waals surface area (Å²) in [5.41, 5.74) is 6.70. The van der Waals surface area contributed by atoms with Crippen LogP contribution in [0.3, 0.4) is 0 Å². The smallest absolute Gasteiger partial charge is 0.239 e. The minimum Gasteiger partial charge on any atom is -0.348 e. The van der Waals surface area contributed by atoms with Crippen molar-refractivity contribution in [3.63, 3.8) is 0 Å². The summed E-state index contributed by atoms with van der Waals surface area (Å²) >= 11 is 3.36. The van der Waals surface area contributed by atoms with Crippen molar-refractivity contribution in [3.8, 4) is 0 Å². The average Bonchev–Trinajstić information content (AvgIpc) is 2.44. The van der Waals surface area contributed by atoms with Crippen molar-refractivity contribution in [2.45, 2.75) is 32.9 Å². The highest BCUT2D eigenvalue weighted by Crippen LogP contribution is 2.16. The van der Waals surface area contributed by atoms with Crippen LogP contribution in [0.5, 0.6) is 0 Å². The molecule has 6 heteroatoms. The summed E-state index contributed by atoms with van der Waals surface area (Å²) in [7, 11) is 0. The zero-order chi connectivity index (χ0) is 16.0. The lowest BCUT2D eigenvalue weighted by Crippen LogP contribution is -2.47. The molecule has 0 aliphatic carbocycles. The van der Waals surface area contributed by atoms with E-state index in [-0.39, 0.29) is 30.3 Å². The highest BCUT2D eigenvalue weighted by atomic mass is 79.9. The molecule has 0 unspecified atom stereocenters. The summed E-state index contributed by atoms with van der Waals surface area (Å²) in [4.78, 5) is 23.5. The summed E-state index contributed by atoms with van der Waals surface area (Å²) < 4.78 is 0.986. The number of carbonyl (C=O) groups excluding carboxylic acids is 2. The van der Waals surface area contributed by atoms with Gasteiger partial charge in [0.15, 0.2) is 0 Å². The molecule has 0 saturated carbocycles. The van der Waals surface area contributed by atoms with Crippen LogP contribution in [0.25, 0.3) is 0 Å². The van der Waals surface area contributed by atoms with E-state index in [2.05, 4.69) is 26.6 Å². The molecule has 1 rings (SSSR count). The van der Waals surface area contributed by atoms with E-state index in [4.69, 9.17) is 5.73 Å². The van der Waals surface area contributed by atoms with Gasteiger partial charge in [0.25, 0.3) is 0 Å². The first kappa shape index (κ1) is 17.7. The van der Waals surface area contributed by atoms with E-state index in [1.54, 1.807) is 0 Å². The lowest BCUT2D eigenvalue weighted by Gasteiger charge is -2.17.